The number of anilines is 2. The average molecular weight is 260 g/mol. The lowest BCUT2D eigenvalue weighted by atomic mass is 10.4. The summed E-state index contributed by atoms with van der Waals surface area (Å²) in [5, 5.41) is 3.23. The van der Waals surface area contributed by atoms with Gasteiger partial charge in [-0.3, -0.25) is 4.98 Å². The van der Waals surface area contributed by atoms with Crippen molar-refractivity contribution >= 4 is 11.6 Å². The minimum Gasteiger partial charge on any atom is -0.464 e. The summed E-state index contributed by atoms with van der Waals surface area (Å²) in [4.78, 5) is 10.7. The molecular weight excluding hydrogens is 240 g/mol. The Bertz CT molecular complexity index is 524. The highest BCUT2D eigenvalue weighted by molar-refractivity contribution is 5.43. The minimum atomic E-state index is 0.680. The normalized spacial score (nSPS) is 10.5. The second kappa shape index (κ2) is 6.22. The molecule has 0 saturated heterocycles. The number of aromatic nitrogens is 2. The van der Waals surface area contributed by atoms with Crippen LogP contribution < -0.4 is 10.2 Å². The van der Waals surface area contributed by atoms with Gasteiger partial charge in [-0.2, -0.15) is 0 Å². The Morgan fingerprint density at radius 2 is 2.16 bits per heavy atom. The first-order chi connectivity index (χ1) is 9.19. The molecule has 2 rings (SSSR count). The lowest BCUT2D eigenvalue weighted by molar-refractivity contribution is 0.481. The summed E-state index contributed by atoms with van der Waals surface area (Å²) in [5.41, 5.74) is 0. The maximum Gasteiger partial charge on any atom is 0.149 e. The van der Waals surface area contributed by atoms with Gasteiger partial charge in [0.15, 0.2) is 0 Å². The van der Waals surface area contributed by atoms with E-state index in [0.29, 0.717) is 6.54 Å². The third-order valence-corrected chi connectivity index (χ3v) is 2.76. The molecule has 0 spiro atoms. The van der Waals surface area contributed by atoms with E-state index in [1.165, 1.54) is 0 Å². The molecule has 102 valence electrons. The molecule has 0 unspecified atom stereocenters. The molecule has 0 aliphatic heterocycles. The molecule has 0 aliphatic rings. The molecule has 5 nitrogen and oxygen atoms in total. The van der Waals surface area contributed by atoms with E-state index in [4.69, 9.17) is 4.42 Å². The number of aryl methyl sites for hydroxylation is 1. The zero-order chi connectivity index (χ0) is 13.7. The number of nitrogens with zero attached hydrogens (tertiary/aromatic N) is 3. The standard InChI is InChI=1S/C14H20N4O/c1-4-7-16-13-8-15-9-14(17-13)18(3)10-12-6-5-11(2)19-12/h5-6,8-9H,4,7,10H2,1-3H3,(H,16,17). The quantitative estimate of drug-likeness (QED) is 0.865. The van der Waals surface area contributed by atoms with E-state index < -0.39 is 0 Å². The van der Waals surface area contributed by atoms with Gasteiger partial charge in [0.05, 0.1) is 18.9 Å². The van der Waals surface area contributed by atoms with E-state index >= 15 is 0 Å². The summed E-state index contributed by atoms with van der Waals surface area (Å²) < 4.78 is 5.57. The molecule has 0 aromatic carbocycles. The number of rotatable bonds is 6. The van der Waals surface area contributed by atoms with Crippen molar-refractivity contribution in [2.24, 2.45) is 0 Å². The van der Waals surface area contributed by atoms with Gasteiger partial charge in [0, 0.05) is 13.6 Å². The molecule has 0 atom stereocenters. The maximum absolute atomic E-state index is 5.57. The Morgan fingerprint density at radius 1 is 1.32 bits per heavy atom. The predicted molar refractivity (Wildman–Crippen MR) is 76.4 cm³/mol. The zero-order valence-electron chi connectivity index (χ0n) is 11.7. The Balaban J connectivity index is 2.03. The molecule has 19 heavy (non-hydrogen) atoms. The van der Waals surface area contributed by atoms with Crippen LogP contribution in [0.25, 0.3) is 0 Å². The summed E-state index contributed by atoms with van der Waals surface area (Å²) in [6.07, 6.45) is 4.56. The van der Waals surface area contributed by atoms with E-state index in [-0.39, 0.29) is 0 Å². The van der Waals surface area contributed by atoms with Gasteiger partial charge in [-0.15, -0.1) is 0 Å². The number of hydrogen-bond acceptors (Lipinski definition) is 5. The Morgan fingerprint density at radius 3 is 2.84 bits per heavy atom. The molecule has 5 heteroatoms. The van der Waals surface area contributed by atoms with Crippen molar-refractivity contribution in [1.29, 1.82) is 0 Å². The highest BCUT2D eigenvalue weighted by atomic mass is 16.3. The molecule has 0 saturated carbocycles. The Labute approximate surface area is 113 Å². The molecule has 0 bridgehead atoms. The third kappa shape index (κ3) is 3.71. The van der Waals surface area contributed by atoms with Crippen LogP contribution in [0, 0.1) is 6.92 Å². The number of furan rings is 1. The second-order valence-electron chi connectivity index (χ2n) is 4.56. The SMILES string of the molecule is CCCNc1cncc(N(C)Cc2ccc(C)o2)n1. The van der Waals surface area contributed by atoms with E-state index in [2.05, 4.69) is 22.2 Å². The molecule has 2 aromatic heterocycles. The van der Waals surface area contributed by atoms with Crippen molar-refractivity contribution in [2.45, 2.75) is 26.8 Å². The third-order valence-electron chi connectivity index (χ3n) is 2.76. The first-order valence-electron chi connectivity index (χ1n) is 6.51. The van der Waals surface area contributed by atoms with Gasteiger partial charge in [-0.1, -0.05) is 6.92 Å². The van der Waals surface area contributed by atoms with Gasteiger partial charge in [-0.25, -0.2) is 4.98 Å². The fourth-order valence-electron chi connectivity index (χ4n) is 1.76. The van der Waals surface area contributed by atoms with Crippen molar-refractivity contribution in [3.8, 4) is 0 Å². The van der Waals surface area contributed by atoms with Gasteiger partial charge in [0.2, 0.25) is 0 Å². The summed E-state index contributed by atoms with van der Waals surface area (Å²) in [7, 11) is 1.98. The molecular formula is C14H20N4O. The first-order valence-corrected chi connectivity index (χ1v) is 6.51. The summed E-state index contributed by atoms with van der Waals surface area (Å²) in [6, 6.07) is 3.95. The van der Waals surface area contributed by atoms with E-state index in [0.717, 1.165) is 36.1 Å². The highest BCUT2D eigenvalue weighted by Crippen LogP contribution is 2.15. The molecule has 0 aliphatic carbocycles. The van der Waals surface area contributed by atoms with Crippen LogP contribution in [0.3, 0.4) is 0 Å². The van der Waals surface area contributed by atoms with Gasteiger partial charge in [0.1, 0.15) is 23.2 Å². The van der Waals surface area contributed by atoms with Crippen molar-refractivity contribution in [2.75, 3.05) is 23.8 Å². The summed E-state index contributed by atoms with van der Waals surface area (Å²) in [5.74, 6) is 3.48. The molecule has 0 fully saturated rings. The first kappa shape index (κ1) is 13.4. The minimum absolute atomic E-state index is 0.680. The van der Waals surface area contributed by atoms with E-state index in [1.54, 1.807) is 12.4 Å². The topological polar surface area (TPSA) is 54.2 Å². The lowest BCUT2D eigenvalue weighted by Gasteiger charge is -2.17. The number of hydrogen-bond donors (Lipinski definition) is 1. The molecule has 0 radical (unpaired) electrons. The molecule has 0 amide bonds. The van der Waals surface area contributed by atoms with Crippen LogP contribution in [0.1, 0.15) is 24.9 Å². The van der Waals surface area contributed by atoms with Crippen molar-refractivity contribution in [3.63, 3.8) is 0 Å². The average Bonchev–Trinajstić information content (AvgIpc) is 2.82. The molecule has 2 heterocycles. The van der Waals surface area contributed by atoms with E-state index in [9.17, 15) is 0 Å². The fourth-order valence-corrected chi connectivity index (χ4v) is 1.76. The monoisotopic (exact) mass is 260 g/mol. The summed E-state index contributed by atoms with van der Waals surface area (Å²) >= 11 is 0. The smallest absolute Gasteiger partial charge is 0.149 e. The van der Waals surface area contributed by atoms with Crippen molar-refractivity contribution in [1.82, 2.24) is 9.97 Å². The van der Waals surface area contributed by atoms with Crippen LogP contribution >= 0.6 is 0 Å². The van der Waals surface area contributed by atoms with Crippen molar-refractivity contribution < 1.29 is 4.42 Å². The zero-order valence-corrected chi connectivity index (χ0v) is 11.7. The van der Waals surface area contributed by atoms with Gasteiger partial charge in [-0.05, 0) is 25.5 Å². The largest absolute Gasteiger partial charge is 0.464 e. The van der Waals surface area contributed by atoms with Gasteiger partial charge >= 0.3 is 0 Å². The predicted octanol–water partition coefficient (Wildman–Crippen LogP) is 2.84. The van der Waals surface area contributed by atoms with E-state index in [1.807, 2.05) is 31.0 Å². The number of nitrogens with one attached hydrogen (secondary N) is 1. The van der Waals surface area contributed by atoms with Crippen LogP contribution in [0.2, 0.25) is 0 Å². The fraction of sp³-hybridized carbons (Fsp3) is 0.429. The van der Waals surface area contributed by atoms with Gasteiger partial charge < -0.3 is 14.6 Å². The maximum atomic E-state index is 5.57. The van der Waals surface area contributed by atoms with Crippen LogP contribution in [-0.4, -0.2) is 23.6 Å². The molecule has 1 N–H and O–H groups in total. The van der Waals surface area contributed by atoms with Crippen LogP contribution in [0.4, 0.5) is 11.6 Å². The van der Waals surface area contributed by atoms with Crippen LogP contribution in [0.5, 0.6) is 0 Å². The Hall–Kier alpha value is -2.04. The highest BCUT2D eigenvalue weighted by Gasteiger charge is 2.07. The van der Waals surface area contributed by atoms with Crippen molar-refractivity contribution in [3.05, 3.63) is 36.0 Å². The summed E-state index contributed by atoms with van der Waals surface area (Å²) in [6.45, 7) is 5.65. The van der Waals surface area contributed by atoms with Gasteiger partial charge in [0.25, 0.3) is 0 Å². The van der Waals surface area contributed by atoms with Crippen LogP contribution in [0.15, 0.2) is 28.9 Å². The molecule has 2 aromatic rings. The second-order valence-corrected chi connectivity index (χ2v) is 4.56. The lowest BCUT2D eigenvalue weighted by Crippen LogP contribution is -2.18. The van der Waals surface area contributed by atoms with Crippen LogP contribution in [-0.2, 0) is 6.54 Å². The Kier molecular flexibility index (Phi) is 4.39.